The Bertz CT molecular complexity index is 658. The van der Waals surface area contributed by atoms with Crippen LogP contribution in [0.25, 0.3) is 0 Å². The van der Waals surface area contributed by atoms with Crippen LogP contribution in [-0.4, -0.2) is 22.9 Å². The molecule has 0 radical (unpaired) electrons. The van der Waals surface area contributed by atoms with E-state index in [4.69, 9.17) is 18.0 Å². The molecule has 102 valence electrons. The van der Waals surface area contributed by atoms with Crippen LogP contribution in [0.3, 0.4) is 0 Å². The van der Waals surface area contributed by atoms with Gasteiger partial charge in [0.2, 0.25) is 0 Å². The van der Waals surface area contributed by atoms with Crippen LogP contribution in [0.4, 0.5) is 10.1 Å². The van der Waals surface area contributed by atoms with Gasteiger partial charge in [-0.3, -0.25) is 9.78 Å². The smallest absolute Gasteiger partial charge is 0.276 e. The second-order valence-electron chi connectivity index (χ2n) is 4.14. The molecule has 0 aliphatic heterocycles. The van der Waals surface area contributed by atoms with Crippen LogP contribution in [-0.2, 0) is 0 Å². The molecule has 2 rings (SSSR count). The van der Waals surface area contributed by atoms with Crippen LogP contribution >= 0.6 is 12.2 Å². The van der Waals surface area contributed by atoms with Gasteiger partial charge in [0.1, 0.15) is 16.5 Å². The molecule has 0 saturated carbocycles. The summed E-state index contributed by atoms with van der Waals surface area (Å²) in [6.07, 6.45) is 1.44. The molecule has 2 aromatic rings. The van der Waals surface area contributed by atoms with Crippen LogP contribution in [0, 0.1) is 5.82 Å². The second-order valence-corrected chi connectivity index (χ2v) is 4.58. The number of hydrogen-bond donors (Lipinski definition) is 1. The lowest BCUT2D eigenvalue weighted by Crippen LogP contribution is -2.27. The minimum atomic E-state index is -0.404. The van der Waals surface area contributed by atoms with Gasteiger partial charge >= 0.3 is 0 Å². The van der Waals surface area contributed by atoms with Gasteiger partial charge in [-0.1, -0.05) is 18.3 Å². The van der Waals surface area contributed by atoms with E-state index in [1.165, 1.54) is 35.4 Å². The standard InChI is InChI=1S/C14H12FN3OS/c1-18(11-4-2-3-10(15)7-11)14(19)12-6-5-9(8-17-12)13(16)20/h2-8H,1H3,(H2,16,20). The Labute approximate surface area is 121 Å². The fourth-order valence-electron chi connectivity index (χ4n) is 1.64. The maximum Gasteiger partial charge on any atom is 0.276 e. The number of aromatic nitrogens is 1. The Hall–Kier alpha value is -2.34. The number of hydrogen-bond acceptors (Lipinski definition) is 3. The minimum Gasteiger partial charge on any atom is -0.389 e. The number of carbonyl (C=O) groups excluding carboxylic acids is 1. The third-order valence-corrected chi connectivity index (χ3v) is 3.00. The Balaban J connectivity index is 2.24. The van der Waals surface area contributed by atoms with Crippen LogP contribution in [0.15, 0.2) is 42.6 Å². The maximum absolute atomic E-state index is 13.2. The number of nitrogens with two attached hydrogens (primary N) is 1. The summed E-state index contributed by atoms with van der Waals surface area (Å²) in [6, 6.07) is 8.94. The minimum absolute atomic E-state index is 0.218. The zero-order valence-electron chi connectivity index (χ0n) is 10.7. The van der Waals surface area contributed by atoms with E-state index in [2.05, 4.69) is 4.98 Å². The number of halogens is 1. The lowest BCUT2D eigenvalue weighted by atomic mass is 10.2. The third kappa shape index (κ3) is 2.97. The zero-order valence-corrected chi connectivity index (χ0v) is 11.5. The number of carbonyl (C=O) groups is 1. The average Bonchev–Trinajstić information content (AvgIpc) is 2.46. The molecule has 6 heteroatoms. The second kappa shape index (κ2) is 5.75. The van der Waals surface area contributed by atoms with Gasteiger partial charge in [-0.25, -0.2) is 4.39 Å². The van der Waals surface area contributed by atoms with E-state index in [1.807, 2.05) is 0 Å². The van der Waals surface area contributed by atoms with Crippen molar-refractivity contribution in [2.24, 2.45) is 5.73 Å². The molecule has 1 heterocycles. The van der Waals surface area contributed by atoms with E-state index >= 15 is 0 Å². The molecule has 0 fully saturated rings. The van der Waals surface area contributed by atoms with Gasteiger partial charge < -0.3 is 10.6 Å². The lowest BCUT2D eigenvalue weighted by Gasteiger charge is -2.16. The zero-order chi connectivity index (χ0) is 14.7. The molecule has 4 nitrogen and oxygen atoms in total. The SMILES string of the molecule is CN(C(=O)c1ccc(C(N)=S)cn1)c1cccc(F)c1. The van der Waals surface area contributed by atoms with E-state index in [-0.39, 0.29) is 16.6 Å². The molecule has 2 N–H and O–H groups in total. The monoisotopic (exact) mass is 289 g/mol. The topological polar surface area (TPSA) is 59.2 Å². The summed E-state index contributed by atoms with van der Waals surface area (Å²) in [4.78, 5) is 17.8. The highest BCUT2D eigenvalue weighted by atomic mass is 32.1. The molecule has 0 atom stereocenters. The Morgan fingerprint density at radius 2 is 2.10 bits per heavy atom. The van der Waals surface area contributed by atoms with Gasteiger partial charge in [0.15, 0.2) is 0 Å². The maximum atomic E-state index is 13.2. The summed E-state index contributed by atoms with van der Waals surface area (Å²) in [7, 11) is 1.56. The van der Waals surface area contributed by atoms with E-state index < -0.39 is 5.82 Å². The molecule has 0 aliphatic carbocycles. The Morgan fingerprint density at radius 1 is 1.35 bits per heavy atom. The number of nitrogens with zero attached hydrogens (tertiary/aromatic N) is 2. The van der Waals surface area contributed by atoms with Crippen LogP contribution in [0.5, 0.6) is 0 Å². The van der Waals surface area contributed by atoms with Crippen LogP contribution < -0.4 is 10.6 Å². The number of thiocarbonyl (C=S) groups is 1. The first-order valence-electron chi connectivity index (χ1n) is 5.78. The predicted molar refractivity (Wildman–Crippen MR) is 79.3 cm³/mol. The molecule has 0 bridgehead atoms. The van der Waals surface area contributed by atoms with Crippen molar-refractivity contribution in [2.45, 2.75) is 0 Å². The normalized spacial score (nSPS) is 10.1. The van der Waals surface area contributed by atoms with Crippen molar-refractivity contribution in [3.63, 3.8) is 0 Å². The number of anilines is 1. The quantitative estimate of drug-likeness (QED) is 0.879. The van der Waals surface area contributed by atoms with Crippen molar-refractivity contribution >= 4 is 28.8 Å². The molecule has 1 aromatic heterocycles. The average molecular weight is 289 g/mol. The Kier molecular flexibility index (Phi) is 4.05. The van der Waals surface area contributed by atoms with Crippen LogP contribution in [0.2, 0.25) is 0 Å². The van der Waals surface area contributed by atoms with Crippen molar-refractivity contribution in [1.82, 2.24) is 4.98 Å². The summed E-state index contributed by atoms with van der Waals surface area (Å²) in [6.45, 7) is 0. The summed E-state index contributed by atoms with van der Waals surface area (Å²) >= 11 is 4.81. The van der Waals surface area contributed by atoms with Crippen molar-refractivity contribution in [3.8, 4) is 0 Å². The van der Waals surface area contributed by atoms with E-state index in [1.54, 1.807) is 19.2 Å². The summed E-state index contributed by atoms with van der Waals surface area (Å²) in [5.74, 6) is -0.746. The fraction of sp³-hybridized carbons (Fsp3) is 0.0714. The van der Waals surface area contributed by atoms with Crippen LogP contribution in [0.1, 0.15) is 16.1 Å². The van der Waals surface area contributed by atoms with Gasteiger partial charge in [-0.2, -0.15) is 0 Å². The van der Waals surface area contributed by atoms with Gasteiger partial charge in [-0.05, 0) is 30.3 Å². The molecule has 0 spiro atoms. The molecule has 1 amide bonds. The van der Waals surface area contributed by atoms with Crippen molar-refractivity contribution in [3.05, 3.63) is 59.7 Å². The lowest BCUT2D eigenvalue weighted by molar-refractivity contribution is 0.0988. The highest BCUT2D eigenvalue weighted by Gasteiger charge is 2.15. The van der Waals surface area contributed by atoms with Crippen molar-refractivity contribution in [1.29, 1.82) is 0 Å². The highest BCUT2D eigenvalue weighted by molar-refractivity contribution is 7.80. The first-order valence-corrected chi connectivity index (χ1v) is 6.19. The molecular weight excluding hydrogens is 277 g/mol. The number of benzene rings is 1. The number of rotatable bonds is 3. The van der Waals surface area contributed by atoms with Crippen molar-refractivity contribution < 1.29 is 9.18 Å². The molecular formula is C14H12FN3OS. The van der Waals surface area contributed by atoms with Gasteiger partial charge in [0, 0.05) is 24.5 Å². The summed E-state index contributed by atoms with van der Waals surface area (Å²) < 4.78 is 13.2. The molecule has 0 aliphatic rings. The summed E-state index contributed by atoms with van der Waals surface area (Å²) in [5, 5.41) is 0. The van der Waals surface area contributed by atoms with Gasteiger partial charge in [0.25, 0.3) is 5.91 Å². The largest absolute Gasteiger partial charge is 0.389 e. The first-order chi connectivity index (χ1) is 9.49. The molecule has 1 aromatic carbocycles. The first kappa shape index (κ1) is 14.1. The number of pyridine rings is 1. The predicted octanol–water partition coefficient (Wildman–Crippen LogP) is 2.13. The van der Waals surface area contributed by atoms with Crippen molar-refractivity contribution in [2.75, 3.05) is 11.9 Å². The van der Waals surface area contributed by atoms with Gasteiger partial charge in [0.05, 0.1) is 0 Å². The van der Waals surface area contributed by atoms with E-state index in [9.17, 15) is 9.18 Å². The molecule has 0 unspecified atom stereocenters. The number of amides is 1. The highest BCUT2D eigenvalue weighted by Crippen LogP contribution is 2.16. The van der Waals surface area contributed by atoms with E-state index in [0.717, 1.165) is 0 Å². The third-order valence-electron chi connectivity index (χ3n) is 2.77. The Morgan fingerprint density at radius 3 is 2.65 bits per heavy atom. The fourth-order valence-corrected chi connectivity index (χ4v) is 1.76. The summed E-state index contributed by atoms with van der Waals surface area (Å²) in [5.41, 5.74) is 6.74. The van der Waals surface area contributed by atoms with Gasteiger partial charge in [-0.15, -0.1) is 0 Å². The molecule has 20 heavy (non-hydrogen) atoms. The van der Waals surface area contributed by atoms with E-state index in [0.29, 0.717) is 11.3 Å². The molecule has 0 saturated heterocycles.